The Morgan fingerprint density at radius 2 is 2.18 bits per heavy atom. The van der Waals surface area contributed by atoms with E-state index in [2.05, 4.69) is 10.6 Å². The van der Waals surface area contributed by atoms with Gasteiger partial charge < -0.3 is 15.4 Å². The van der Waals surface area contributed by atoms with Crippen molar-refractivity contribution in [2.75, 3.05) is 20.2 Å². The predicted molar refractivity (Wildman–Crippen MR) is 84.7 cm³/mol. The molecule has 0 spiro atoms. The minimum atomic E-state index is -0.0981. The summed E-state index contributed by atoms with van der Waals surface area (Å²) in [6.07, 6.45) is 2.53. The quantitative estimate of drug-likeness (QED) is 0.866. The highest BCUT2D eigenvalue weighted by Gasteiger charge is 2.28. The minimum Gasteiger partial charge on any atom is -0.378 e. The van der Waals surface area contributed by atoms with Gasteiger partial charge in [0, 0.05) is 25.8 Å². The summed E-state index contributed by atoms with van der Waals surface area (Å²) in [6.45, 7) is 3.27. The van der Waals surface area contributed by atoms with Crippen LogP contribution in [0.1, 0.15) is 35.7 Å². The van der Waals surface area contributed by atoms with Gasteiger partial charge in [-0.05, 0) is 43.9 Å². The van der Waals surface area contributed by atoms with Gasteiger partial charge in [-0.2, -0.15) is 0 Å². The normalized spacial score (nSPS) is 21.2. The standard InChI is InChI=1S/C17H24N2O3/c1-12-15(7-4-10-22-12)17(21)19-9-8-13-5-3-6-14(11-13)16(20)18-2/h3,5-6,11-12,15H,4,7-10H2,1-2H3,(H,18,20)(H,19,21)/t12-,15-/m1/s1. The maximum Gasteiger partial charge on any atom is 0.251 e. The average molecular weight is 304 g/mol. The van der Waals surface area contributed by atoms with Crippen molar-refractivity contribution in [3.05, 3.63) is 35.4 Å². The molecule has 1 fully saturated rings. The zero-order chi connectivity index (χ0) is 15.9. The Bertz CT molecular complexity index is 530. The first kappa shape index (κ1) is 16.5. The summed E-state index contributed by atoms with van der Waals surface area (Å²) in [7, 11) is 1.61. The number of rotatable bonds is 5. The molecular weight excluding hydrogens is 280 g/mol. The molecule has 1 heterocycles. The van der Waals surface area contributed by atoms with Gasteiger partial charge in [0.15, 0.2) is 0 Å². The van der Waals surface area contributed by atoms with Crippen LogP contribution in [0, 0.1) is 5.92 Å². The van der Waals surface area contributed by atoms with E-state index in [9.17, 15) is 9.59 Å². The highest BCUT2D eigenvalue weighted by atomic mass is 16.5. The molecule has 1 aromatic carbocycles. The van der Waals surface area contributed by atoms with Gasteiger partial charge in [-0.25, -0.2) is 0 Å². The number of carbonyl (C=O) groups is 2. The van der Waals surface area contributed by atoms with Crippen LogP contribution in [0.2, 0.25) is 0 Å². The molecule has 0 radical (unpaired) electrons. The van der Waals surface area contributed by atoms with Crippen LogP contribution >= 0.6 is 0 Å². The van der Waals surface area contributed by atoms with Gasteiger partial charge in [0.25, 0.3) is 5.91 Å². The van der Waals surface area contributed by atoms with Crippen molar-refractivity contribution < 1.29 is 14.3 Å². The van der Waals surface area contributed by atoms with Gasteiger partial charge in [0.1, 0.15) is 0 Å². The third-order valence-corrected chi connectivity index (χ3v) is 4.07. The lowest BCUT2D eigenvalue weighted by Gasteiger charge is -2.28. The number of ether oxygens (including phenoxy) is 1. The Balaban J connectivity index is 1.83. The molecule has 2 rings (SSSR count). The molecule has 0 bridgehead atoms. The second-order valence-electron chi connectivity index (χ2n) is 5.65. The largest absolute Gasteiger partial charge is 0.378 e. The SMILES string of the molecule is CNC(=O)c1cccc(CCNC(=O)[C@@H]2CCCO[C@@H]2C)c1. The Morgan fingerprint density at radius 3 is 2.91 bits per heavy atom. The van der Waals surface area contributed by atoms with Crippen LogP contribution in [0.3, 0.4) is 0 Å². The van der Waals surface area contributed by atoms with Gasteiger partial charge in [-0.3, -0.25) is 9.59 Å². The maximum absolute atomic E-state index is 12.2. The number of carbonyl (C=O) groups excluding carboxylic acids is 2. The van der Waals surface area contributed by atoms with Crippen molar-refractivity contribution in [2.24, 2.45) is 5.92 Å². The molecular formula is C17H24N2O3. The highest BCUT2D eigenvalue weighted by molar-refractivity contribution is 5.94. The molecule has 2 N–H and O–H groups in total. The maximum atomic E-state index is 12.2. The first-order valence-corrected chi connectivity index (χ1v) is 7.82. The fourth-order valence-electron chi connectivity index (χ4n) is 2.74. The third-order valence-electron chi connectivity index (χ3n) is 4.07. The Morgan fingerprint density at radius 1 is 1.36 bits per heavy atom. The minimum absolute atomic E-state index is 0.00896. The number of hydrogen-bond donors (Lipinski definition) is 2. The summed E-state index contributed by atoms with van der Waals surface area (Å²) >= 11 is 0. The van der Waals surface area contributed by atoms with E-state index in [1.165, 1.54) is 0 Å². The van der Waals surface area contributed by atoms with Crippen molar-refractivity contribution in [2.45, 2.75) is 32.3 Å². The molecule has 0 aromatic heterocycles. The zero-order valence-electron chi connectivity index (χ0n) is 13.2. The summed E-state index contributed by atoms with van der Waals surface area (Å²) in [4.78, 5) is 23.8. The first-order valence-electron chi connectivity index (χ1n) is 7.82. The monoisotopic (exact) mass is 304 g/mol. The molecule has 1 aliphatic rings. The van der Waals surface area contributed by atoms with Crippen LogP contribution in [0.5, 0.6) is 0 Å². The molecule has 2 amide bonds. The molecule has 1 saturated heterocycles. The molecule has 1 aliphatic heterocycles. The summed E-state index contributed by atoms with van der Waals surface area (Å²) in [5, 5.41) is 5.58. The van der Waals surface area contributed by atoms with Gasteiger partial charge in [-0.15, -0.1) is 0 Å². The van der Waals surface area contributed by atoms with Crippen LogP contribution in [-0.4, -0.2) is 38.1 Å². The smallest absolute Gasteiger partial charge is 0.251 e. The fraction of sp³-hybridized carbons (Fsp3) is 0.529. The highest BCUT2D eigenvalue weighted by Crippen LogP contribution is 2.20. The van der Waals surface area contributed by atoms with E-state index in [-0.39, 0.29) is 23.8 Å². The Hall–Kier alpha value is -1.88. The van der Waals surface area contributed by atoms with E-state index >= 15 is 0 Å². The molecule has 0 saturated carbocycles. The third kappa shape index (κ3) is 4.31. The molecule has 0 aliphatic carbocycles. The van der Waals surface area contributed by atoms with Crippen molar-refractivity contribution in [1.29, 1.82) is 0 Å². The number of nitrogens with one attached hydrogen (secondary N) is 2. The van der Waals surface area contributed by atoms with Gasteiger partial charge in [0.05, 0.1) is 12.0 Å². The predicted octanol–water partition coefficient (Wildman–Crippen LogP) is 1.52. The van der Waals surface area contributed by atoms with E-state index in [4.69, 9.17) is 4.74 Å². The van der Waals surface area contributed by atoms with Gasteiger partial charge in [-0.1, -0.05) is 12.1 Å². The average Bonchev–Trinajstić information content (AvgIpc) is 2.54. The Kier molecular flexibility index (Phi) is 5.95. The van der Waals surface area contributed by atoms with Crippen molar-refractivity contribution in [3.8, 4) is 0 Å². The summed E-state index contributed by atoms with van der Waals surface area (Å²) in [5.74, 6) is -0.0836. The molecule has 5 heteroatoms. The lowest BCUT2D eigenvalue weighted by molar-refractivity contribution is -0.133. The van der Waals surface area contributed by atoms with Crippen LogP contribution in [0.15, 0.2) is 24.3 Å². The number of amides is 2. The molecule has 1 aromatic rings. The van der Waals surface area contributed by atoms with Crippen molar-refractivity contribution in [1.82, 2.24) is 10.6 Å². The van der Waals surface area contributed by atoms with Gasteiger partial charge >= 0.3 is 0 Å². The first-order chi connectivity index (χ1) is 10.6. The Labute approximate surface area is 131 Å². The van der Waals surface area contributed by atoms with Crippen LogP contribution in [0.25, 0.3) is 0 Å². The zero-order valence-corrected chi connectivity index (χ0v) is 13.2. The van der Waals surface area contributed by atoms with E-state index in [1.54, 1.807) is 13.1 Å². The lowest BCUT2D eigenvalue weighted by atomic mass is 9.94. The summed E-state index contributed by atoms with van der Waals surface area (Å²) in [6, 6.07) is 7.46. The van der Waals surface area contributed by atoms with E-state index in [0.29, 0.717) is 18.5 Å². The van der Waals surface area contributed by atoms with E-state index in [1.807, 2.05) is 25.1 Å². The van der Waals surface area contributed by atoms with Crippen molar-refractivity contribution >= 4 is 11.8 Å². The van der Waals surface area contributed by atoms with Crippen LogP contribution in [-0.2, 0) is 16.0 Å². The van der Waals surface area contributed by atoms with E-state index < -0.39 is 0 Å². The van der Waals surface area contributed by atoms with Gasteiger partial charge in [0.2, 0.25) is 5.91 Å². The molecule has 22 heavy (non-hydrogen) atoms. The topological polar surface area (TPSA) is 67.4 Å². The number of benzene rings is 1. The molecule has 2 atom stereocenters. The fourth-order valence-corrected chi connectivity index (χ4v) is 2.74. The van der Waals surface area contributed by atoms with E-state index in [0.717, 1.165) is 25.0 Å². The second kappa shape index (κ2) is 7.94. The molecule has 0 unspecified atom stereocenters. The lowest BCUT2D eigenvalue weighted by Crippen LogP contribution is -2.40. The van der Waals surface area contributed by atoms with Crippen molar-refractivity contribution in [3.63, 3.8) is 0 Å². The van der Waals surface area contributed by atoms with Crippen LogP contribution < -0.4 is 10.6 Å². The summed E-state index contributed by atoms with van der Waals surface area (Å²) in [5.41, 5.74) is 1.68. The molecule has 120 valence electrons. The van der Waals surface area contributed by atoms with Crippen LogP contribution in [0.4, 0.5) is 0 Å². The number of hydrogen-bond acceptors (Lipinski definition) is 3. The second-order valence-corrected chi connectivity index (χ2v) is 5.65. The molecule has 5 nitrogen and oxygen atoms in total. The summed E-state index contributed by atoms with van der Waals surface area (Å²) < 4.78 is 5.53.